The summed E-state index contributed by atoms with van der Waals surface area (Å²) in [4.78, 5) is 4.29. The van der Waals surface area contributed by atoms with Crippen molar-refractivity contribution >= 4 is 11.8 Å². The molecule has 0 aromatic carbocycles. The maximum atomic E-state index is 9.04. The summed E-state index contributed by atoms with van der Waals surface area (Å²) in [6.45, 7) is 1.75. The average molecular weight is 228 g/mol. The number of imidazole rings is 1. The van der Waals surface area contributed by atoms with E-state index in [1.54, 1.807) is 18.0 Å². The van der Waals surface area contributed by atoms with Crippen LogP contribution in [0.2, 0.25) is 0 Å². The Hall–Kier alpha value is -0.520. The van der Waals surface area contributed by atoms with Gasteiger partial charge in [-0.15, -0.1) is 0 Å². The zero-order valence-corrected chi connectivity index (χ0v) is 9.66. The lowest BCUT2D eigenvalue weighted by molar-refractivity contribution is 0.101. The first-order valence-electron chi connectivity index (χ1n) is 5.17. The summed E-state index contributed by atoms with van der Waals surface area (Å²) < 4.78 is 7.36. The highest BCUT2D eigenvalue weighted by Gasteiger charge is 2.17. The van der Waals surface area contributed by atoms with Crippen molar-refractivity contribution in [2.75, 3.05) is 13.2 Å². The number of nitrogens with zero attached hydrogens (tertiary/aromatic N) is 2. The van der Waals surface area contributed by atoms with E-state index >= 15 is 0 Å². The molecule has 0 saturated carbocycles. The number of thioether (sulfide) groups is 1. The number of ether oxygens (including phenoxy) is 1. The number of aromatic nitrogens is 2. The second kappa shape index (κ2) is 5.01. The van der Waals surface area contributed by atoms with E-state index in [1.165, 1.54) is 6.42 Å². The van der Waals surface area contributed by atoms with E-state index in [-0.39, 0.29) is 6.61 Å². The quantitative estimate of drug-likeness (QED) is 0.844. The molecule has 0 radical (unpaired) electrons. The van der Waals surface area contributed by atoms with Crippen molar-refractivity contribution in [1.82, 2.24) is 9.55 Å². The van der Waals surface area contributed by atoms with Crippen LogP contribution in [-0.2, 0) is 18.4 Å². The van der Waals surface area contributed by atoms with Gasteiger partial charge >= 0.3 is 0 Å². The van der Waals surface area contributed by atoms with Gasteiger partial charge in [0.05, 0.1) is 25.1 Å². The van der Waals surface area contributed by atoms with Crippen molar-refractivity contribution in [1.29, 1.82) is 0 Å². The Labute approximate surface area is 93.6 Å². The molecular formula is C10H16N2O2S. The van der Waals surface area contributed by atoms with Crippen LogP contribution in [0.15, 0.2) is 11.4 Å². The molecule has 15 heavy (non-hydrogen) atoms. The van der Waals surface area contributed by atoms with Gasteiger partial charge < -0.3 is 14.4 Å². The van der Waals surface area contributed by atoms with Crippen molar-refractivity contribution in [3.63, 3.8) is 0 Å². The minimum absolute atomic E-state index is 0.0469. The molecule has 1 aromatic rings. The van der Waals surface area contributed by atoms with Gasteiger partial charge in [-0.3, -0.25) is 0 Å². The fourth-order valence-corrected chi connectivity index (χ4v) is 2.77. The fraction of sp³-hybridized carbons (Fsp3) is 0.700. The lowest BCUT2D eigenvalue weighted by Crippen LogP contribution is -2.19. The van der Waals surface area contributed by atoms with E-state index in [1.807, 2.05) is 11.6 Å². The van der Waals surface area contributed by atoms with Crippen LogP contribution in [0.3, 0.4) is 0 Å². The topological polar surface area (TPSA) is 47.3 Å². The second-order valence-electron chi connectivity index (χ2n) is 3.71. The minimum atomic E-state index is 0.0469. The predicted octanol–water partition coefficient (Wildman–Crippen LogP) is 1.18. The van der Waals surface area contributed by atoms with E-state index < -0.39 is 0 Å². The van der Waals surface area contributed by atoms with Gasteiger partial charge in [-0.1, -0.05) is 11.8 Å². The van der Waals surface area contributed by atoms with E-state index in [0.29, 0.717) is 5.25 Å². The van der Waals surface area contributed by atoms with Crippen molar-refractivity contribution in [3.8, 4) is 0 Å². The van der Waals surface area contributed by atoms with Gasteiger partial charge in [0, 0.05) is 18.9 Å². The maximum absolute atomic E-state index is 9.04. The molecule has 1 atom stereocenters. The average Bonchev–Trinajstić information content (AvgIpc) is 2.62. The fourth-order valence-electron chi connectivity index (χ4n) is 1.64. The first-order chi connectivity index (χ1) is 7.31. The molecule has 0 amide bonds. The summed E-state index contributed by atoms with van der Waals surface area (Å²) >= 11 is 1.74. The zero-order valence-electron chi connectivity index (χ0n) is 8.85. The number of aliphatic hydroxyl groups is 1. The summed E-state index contributed by atoms with van der Waals surface area (Å²) in [7, 11) is 1.94. The molecular weight excluding hydrogens is 212 g/mol. The first kappa shape index (κ1) is 11.0. The summed E-state index contributed by atoms with van der Waals surface area (Å²) in [6.07, 6.45) is 4.05. The third-order valence-corrected chi connectivity index (χ3v) is 3.89. The Morgan fingerprint density at radius 1 is 1.73 bits per heavy atom. The lowest BCUT2D eigenvalue weighted by atomic mass is 10.2. The molecule has 1 aromatic heterocycles. The predicted molar refractivity (Wildman–Crippen MR) is 58.8 cm³/mol. The normalized spacial score (nSPS) is 21.9. The standard InChI is InChI=1S/C10H16N2O2S/c1-12-8(6-13)5-11-10(12)15-9-3-2-4-14-7-9/h5,9,13H,2-4,6-7H2,1H3. The van der Waals surface area contributed by atoms with Gasteiger partial charge in [-0.25, -0.2) is 4.98 Å². The highest BCUT2D eigenvalue weighted by Crippen LogP contribution is 2.27. The van der Waals surface area contributed by atoms with Crippen LogP contribution in [-0.4, -0.2) is 33.1 Å². The highest BCUT2D eigenvalue weighted by molar-refractivity contribution is 7.99. The Bertz CT molecular complexity index is 321. The lowest BCUT2D eigenvalue weighted by Gasteiger charge is -2.20. The number of hydrogen-bond donors (Lipinski definition) is 1. The molecule has 0 spiro atoms. The molecule has 1 N–H and O–H groups in total. The van der Waals surface area contributed by atoms with Gasteiger partial charge in [-0.2, -0.15) is 0 Å². The molecule has 4 nitrogen and oxygen atoms in total. The number of aliphatic hydroxyl groups excluding tert-OH is 1. The maximum Gasteiger partial charge on any atom is 0.168 e. The van der Waals surface area contributed by atoms with Gasteiger partial charge in [0.2, 0.25) is 0 Å². The SMILES string of the molecule is Cn1c(CO)cnc1SC1CCCOC1. The summed E-state index contributed by atoms with van der Waals surface area (Å²) in [6, 6.07) is 0. The molecule has 1 fully saturated rings. The molecule has 1 aliphatic heterocycles. The highest BCUT2D eigenvalue weighted by atomic mass is 32.2. The zero-order chi connectivity index (χ0) is 10.7. The molecule has 1 unspecified atom stereocenters. The van der Waals surface area contributed by atoms with Crippen LogP contribution in [0.4, 0.5) is 0 Å². The van der Waals surface area contributed by atoms with Crippen molar-refractivity contribution < 1.29 is 9.84 Å². The molecule has 84 valence electrons. The van der Waals surface area contributed by atoms with E-state index in [0.717, 1.165) is 30.5 Å². The smallest absolute Gasteiger partial charge is 0.168 e. The van der Waals surface area contributed by atoms with Crippen LogP contribution in [0.5, 0.6) is 0 Å². The van der Waals surface area contributed by atoms with Gasteiger partial charge in [-0.05, 0) is 12.8 Å². The number of hydrogen-bond acceptors (Lipinski definition) is 4. The van der Waals surface area contributed by atoms with Crippen LogP contribution in [0.25, 0.3) is 0 Å². The third-order valence-electron chi connectivity index (χ3n) is 2.59. The monoisotopic (exact) mass is 228 g/mol. The summed E-state index contributed by atoms with van der Waals surface area (Å²) in [5.74, 6) is 0. The summed E-state index contributed by atoms with van der Waals surface area (Å²) in [5.41, 5.74) is 0.856. The molecule has 2 rings (SSSR count). The van der Waals surface area contributed by atoms with Crippen LogP contribution in [0.1, 0.15) is 18.5 Å². The Morgan fingerprint density at radius 3 is 3.20 bits per heavy atom. The second-order valence-corrected chi connectivity index (χ2v) is 4.97. The van der Waals surface area contributed by atoms with Crippen molar-refractivity contribution in [3.05, 3.63) is 11.9 Å². The molecule has 1 aliphatic rings. The summed E-state index contributed by atoms with van der Waals surface area (Å²) in [5, 5.41) is 10.5. The molecule has 0 aliphatic carbocycles. The van der Waals surface area contributed by atoms with E-state index in [4.69, 9.17) is 9.84 Å². The van der Waals surface area contributed by atoms with Gasteiger partial charge in [0.25, 0.3) is 0 Å². The van der Waals surface area contributed by atoms with E-state index in [9.17, 15) is 0 Å². The Morgan fingerprint density at radius 2 is 2.60 bits per heavy atom. The van der Waals surface area contributed by atoms with Crippen LogP contribution < -0.4 is 0 Å². The largest absolute Gasteiger partial charge is 0.390 e. The molecule has 2 heterocycles. The van der Waals surface area contributed by atoms with Crippen LogP contribution in [0, 0.1) is 0 Å². The molecule has 1 saturated heterocycles. The molecule has 5 heteroatoms. The Kier molecular flexibility index (Phi) is 3.66. The van der Waals surface area contributed by atoms with Gasteiger partial charge in [0.1, 0.15) is 0 Å². The van der Waals surface area contributed by atoms with E-state index in [2.05, 4.69) is 4.98 Å². The minimum Gasteiger partial charge on any atom is -0.390 e. The Balaban J connectivity index is 2.00. The number of rotatable bonds is 3. The van der Waals surface area contributed by atoms with Crippen molar-refractivity contribution in [2.24, 2.45) is 7.05 Å². The molecule has 0 bridgehead atoms. The first-order valence-corrected chi connectivity index (χ1v) is 6.05. The third kappa shape index (κ3) is 2.53. The van der Waals surface area contributed by atoms with Gasteiger partial charge in [0.15, 0.2) is 5.16 Å². The van der Waals surface area contributed by atoms with Crippen LogP contribution >= 0.6 is 11.8 Å². The van der Waals surface area contributed by atoms with Crippen molar-refractivity contribution in [2.45, 2.75) is 29.9 Å².